The van der Waals surface area contributed by atoms with Gasteiger partial charge in [0.25, 0.3) is 0 Å². The Bertz CT molecular complexity index is 307. The summed E-state index contributed by atoms with van der Waals surface area (Å²) in [4.78, 5) is 8.57. The third kappa shape index (κ3) is 3.95. The van der Waals surface area contributed by atoms with Gasteiger partial charge in [0.15, 0.2) is 5.16 Å². The van der Waals surface area contributed by atoms with Crippen molar-refractivity contribution in [1.29, 1.82) is 0 Å². The van der Waals surface area contributed by atoms with Gasteiger partial charge in [0.1, 0.15) is 5.82 Å². The van der Waals surface area contributed by atoms with Gasteiger partial charge in [-0.2, -0.15) is 4.98 Å². The van der Waals surface area contributed by atoms with Crippen molar-refractivity contribution in [2.45, 2.75) is 25.4 Å². The molecular formula is C10H17N3OS. The molecule has 15 heavy (non-hydrogen) atoms. The molecule has 0 spiro atoms. The monoisotopic (exact) mass is 227 g/mol. The van der Waals surface area contributed by atoms with Crippen LogP contribution in [0.25, 0.3) is 0 Å². The van der Waals surface area contributed by atoms with Gasteiger partial charge in [-0.3, -0.25) is 0 Å². The SMILES string of the molecule is CCCNc1cc(OCC)nc(SC)n1. The van der Waals surface area contributed by atoms with E-state index in [9.17, 15) is 0 Å². The van der Waals surface area contributed by atoms with Gasteiger partial charge in [0, 0.05) is 12.6 Å². The average molecular weight is 227 g/mol. The van der Waals surface area contributed by atoms with Crippen molar-refractivity contribution in [1.82, 2.24) is 9.97 Å². The number of hydrogen-bond donors (Lipinski definition) is 1. The molecule has 0 atom stereocenters. The highest BCUT2D eigenvalue weighted by Gasteiger charge is 2.03. The van der Waals surface area contributed by atoms with Gasteiger partial charge in [0.05, 0.1) is 6.61 Å². The largest absolute Gasteiger partial charge is 0.478 e. The number of rotatable bonds is 6. The summed E-state index contributed by atoms with van der Waals surface area (Å²) in [6.45, 7) is 5.60. The number of nitrogens with zero attached hydrogens (tertiary/aromatic N) is 2. The zero-order valence-corrected chi connectivity index (χ0v) is 10.2. The number of aromatic nitrogens is 2. The summed E-state index contributed by atoms with van der Waals surface area (Å²) < 4.78 is 5.36. The minimum Gasteiger partial charge on any atom is -0.478 e. The molecule has 5 heteroatoms. The quantitative estimate of drug-likeness (QED) is 0.597. The molecule has 0 bridgehead atoms. The lowest BCUT2D eigenvalue weighted by atomic mass is 10.4. The van der Waals surface area contributed by atoms with Crippen molar-refractivity contribution < 1.29 is 4.74 Å². The van der Waals surface area contributed by atoms with Crippen molar-refractivity contribution in [3.8, 4) is 5.88 Å². The molecule has 0 aliphatic rings. The van der Waals surface area contributed by atoms with Crippen LogP contribution >= 0.6 is 11.8 Å². The topological polar surface area (TPSA) is 47.0 Å². The number of ether oxygens (including phenoxy) is 1. The van der Waals surface area contributed by atoms with Crippen LogP contribution in [0.4, 0.5) is 5.82 Å². The van der Waals surface area contributed by atoms with E-state index >= 15 is 0 Å². The normalized spacial score (nSPS) is 10.1. The summed E-state index contributed by atoms with van der Waals surface area (Å²) in [6, 6.07) is 1.83. The standard InChI is InChI=1S/C10H17N3OS/c1-4-6-11-8-7-9(14-5-2)13-10(12-8)15-3/h7H,4-6H2,1-3H3,(H,11,12,13). The number of thioether (sulfide) groups is 1. The zero-order chi connectivity index (χ0) is 11.1. The van der Waals surface area contributed by atoms with Crippen molar-refractivity contribution in [3.63, 3.8) is 0 Å². The lowest BCUT2D eigenvalue weighted by molar-refractivity contribution is 0.323. The van der Waals surface area contributed by atoms with E-state index in [-0.39, 0.29) is 0 Å². The summed E-state index contributed by atoms with van der Waals surface area (Å²) >= 11 is 1.51. The Balaban J connectivity index is 2.79. The van der Waals surface area contributed by atoms with Crippen LogP contribution in [0, 0.1) is 0 Å². The summed E-state index contributed by atoms with van der Waals surface area (Å²) in [6.07, 6.45) is 3.03. The molecule has 4 nitrogen and oxygen atoms in total. The molecule has 0 saturated carbocycles. The lowest BCUT2D eigenvalue weighted by Gasteiger charge is -2.08. The fourth-order valence-corrected chi connectivity index (χ4v) is 1.43. The van der Waals surface area contributed by atoms with E-state index in [4.69, 9.17) is 4.74 Å². The zero-order valence-electron chi connectivity index (χ0n) is 9.41. The van der Waals surface area contributed by atoms with E-state index < -0.39 is 0 Å². The van der Waals surface area contributed by atoms with Crippen LogP contribution in [-0.4, -0.2) is 29.4 Å². The van der Waals surface area contributed by atoms with Crippen LogP contribution < -0.4 is 10.1 Å². The molecule has 0 aliphatic carbocycles. The first-order chi connectivity index (χ1) is 7.30. The summed E-state index contributed by atoms with van der Waals surface area (Å²) in [7, 11) is 0. The first-order valence-electron chi connectivity index (χ1n) is 5.09. The summed E-state index contributed by atoms with van der Waals surface area (Å²) in [5, 5.41) is 3.96. The van der Waals surface area contributed by atoms with E-state index in [1.54, 1.807) is 0 Å². The molecule has 0 unspecified atom stereocenters. The molecule has 1 rings (SSSR count). The maximum absolute atomic E-state index is 5.36. The second-order valence-electron chi connectivity index (χ2n) is 2.94. The molecule has 0 aliphatic heterocycles. The number of hydrogen-bond acceptors (Lipinski definition) is 5. The van der Waals surface area contributed by atoms with Crippen LogP contribution in [-0.2, 0) is 0 Å². The van der Waals surface area contributed by atoms with Crippen molar-refractivity contribution in [2.24, 2.45) is 0 Å². The van der Waals surface area contributed by atoms with Crippen molar-refractivity contribution in [2.75, 3.05) is 24.7 Å². The van der Waals surface area contributed by atoms with Crippen LogP contribution in [0.3, 0.4) is 0 Å². The minimum atomic E-state index is 0.623. The van der Waals surface area contributed by atoms with E-state index in [2.05, 4.69) is 22.2 Å². The highest BCUT2D eigenvalue weighted by molar-refractivity contribution is 7.98. The lowest BCUT2D eigenvalue weighted by Crippen LogP contribution is -2.05. The highest BCUT2D eigenvalue weighted by Crippen LogP contribution is 2.18. The van der Waals surface area contributed by atoms with E-state index in [1.165, 1.54) is 11.8 Å². The Morgan fingerprint density at radius 3 is 2.80 bits per heavy atom. The Kier molecular flexibility index (Phi) is 5.25. The third-order valence-electron chi connectivity index (χ3n) is 1.71. The minimum absolute atomic E-state index is 0.623. The van der Waals surface area contributed by atoms with E-state index in [0.717, 1.165) is 23.9 Å². The van der Waals surface area contributed by atoms with Crippen LogP contribution in [0.1, 0.15) is 20.3 Å². The van der Waals surface area contributed by atoms with Crippen molar-refractivity contribution in [3.05, 3.63) is 6.07 Å². The second kappa shape index (κ2) is 6.50. The van der Waals surface area contributed by atoms with Gasteiger partial charge >= 0.3 is 0 Å². The summed E-state index contributed by atoms with van der Waals surface area (Å²) in [5.74, 6) is 1.47. The van der Waals surface area contributed by atoms with Crippen molar-refractivity contribution >= 4 is 17.6 Å². The van der Waals surface area contributed by atoms with E-state index in [0.29, 0.717) is 12.5 Å². The number of nitrogens with one attached hydrogen (secondary N) is 1. The second-order valence-corrected chi connectivity index (χ2v) is 3.71. The molecule has 0 aromatic carbocycles. The van der Waals surface area contributed by atoms with Gasteiger partial charge in [-0.05, 0) is 19.6 Å². The molecule has 0 saturated heterocycles. The van der Waals surface area contributed by atoms with Crippen LogP contribution in [0.5, 0.6) is 5.88 Å². The van der Waals surface area contributed by atoms with Gasteiger partial charge in [-0.25, -0.2) is 4.98 Å². The highest BCUT2D eigenvalue weighted by atomic mass is 32.2. The predicted molar refractivity (Wildman–Crippen MR) is 63.8 cm³/mol. The molecule has 1 heterocycles. The van der Waals surface area contributed by atoms with Gasteiger partial charge < -0.3 is 10.1 Å². The molecule has 1 aromatic heterocycles. The molecule has 0 radical (unpaired) electrons. The summed E-state index contributed by atoms with van der Waals surface area (Å²) in [5.41, 5.74) is 0. The maximum Gasteiger partial charge on any atom is 0.219 e. The third-order valence-corrected chi connectivity index (χ3v) is 2.26. The van der Waals surface area contributed by atoms with Gasteiger partial charge in [-0.1, -0.05) is 18.7 Å². The number of anilines is 1. The van der Waals surface area contributed by atoms with Gasteiger partial charge in [0.2, 0.25) is 5.88 Å². The Labute approximate surface area is 94.8 Å². The smallest absolute Gasteiger partial charge is 0.219 e. The van der Waals surface area contributed by atoms with Crippen LogP contribution in [0.15, 0.2) is 11.2 Å². The molecule has 0 fully saturated rings. The predicted octanol–water partition coefficient (Wildman–Crippen LogP) is 2.42. The first-order valence-corrected chi connectivity index (χ1v) is 6.32. The van der Waals surface area contributed by atoms with Gasteiger partial charge in [-0.15, -0.1) is 0 Å². The molecule has 1 aromatic rings. The maximum atomic E-state index is 5.36. The Morgan fingerprint density at radius 2 is 2.20 bits per heavy atom. The molecular weight excluding hydrogens is 210 g/mol. The van der Waals surface area contributed by atoms with Crippen LogP contribution in [0.2, 0.25) is 0 Å². The fraction of sp³-hybridized carbons (Fsp3) is 0.600. The Morgan fingerprint density at radius 1 is 1.40 bits per heavy atom. The molecule has 0 amide bonds. The molecule has 84 valence electrons. The average Bonchev–Trinajstić information content (AvgIpc) is 2.26. The first kappa shape index (κ1) is 12.1. The molecule has 1 N–H and O–H groups in total. The fourth-order valence-electron chi connectivity index (χ4n) is 1.06. The Hall–Kier alpha value is -0.970. The van der Waals surface area contributed by atoms with E-state index in [1.807, 2.05) is 19.2 Å².